The van der Waals surface area contributed by atoms with Gasteiger partial charge in [-0.3, -0.25) is 4.79 Å². The lowest BCUT2D eigenvalue weighted by atomic mass is 9.66. The molecule has 0 fully saturated rings. The number of aldehydes is 1. The third-order valence-electron chi connectivity index (χ3n) is 6.95. The van der Waals surface area contributed by atoms with Crippen LogP contribution in [0.4, 0.5) is 0 Å². The first kappa shape index (κ1) is 25.7. The van der Waals surface area contributed by atoms with Crippen molar-refractivity contribution in [2.45, 2.75) is 90.3 Å². The summed E-state index contributed by atoms with van der Waals surface area (Å²) in [6.45, 7) is 7.71. The fraction of sp³-hybridized carbons (Fsp3) is 0.750. The number of hydrogen-bond acceptors (Lipinski definition) is 7. The van der Waals surface area contributed by atoms with Crippen molar-refractivity contribution in [1.29, 1.82) is 0 Å². The normalized spacial score (nSPS) is 31.2. The largest absolute Gasteiger partial charge is 0.461 e. The van der Waals surface area contributed by atoms with E-state index in [0.29, 0.717) is 25.7 Å². The zero-order chi connectivity index (χ0) is 23.3. The van der Waals surface area contributed by atoms with E-state index in [1.807, 2.05) is 32.9 Å². The van der Waals surface area contributed by atoms with E-state index in [9.17, 15) is 30.0 Å². The molecule has 0 aromatic rings. The molecule has 7 heteroatoms. The van der Waals surface area contributed by atoms with Crippen LogP contribution in [0.2, 0.25) is 0 Å². The number of fused-ring (bicyclic) bond motifs is 1. The number of aliphatic hydroxyl groups is 4. The van der Waals surface area contributed by atoms with E-state index in [-0.39, 0.29) is 36.4 Å². The zero-order valence-electron chi connectivity index (χ0n) is 19.0. The van der Waals surface area contributed by atoms with Crippen molar-refractivity contribution in [2.24, 2.45) is 23.2 Å². The third kappa shape index (κ3) is 6.48. The summed E-state index contributed by atoms with van der Waals surface area (Å²) in [4.78, 5) is 23.4. The van der Waals surface area contributed by atoms with Crippen LogP contribution in [0.5, 0.6) is 0 Å². The Morgan fingerprint density at radius 2 is 2.00 bits per heavy atom. The zero-order valence-corrected chi connectivity index (χ0v) is 19.0. The van der Waals surface area contributed by atoms with Crippen molar-refractivity contribution in [3.05, 3.63) is 23.8 Å². The first-order valence-corrected chi connectivity index (χ1v) is 11.3. The predicted molar refractivity (Wildman–Crippen MR) is 116 cm³/mol. The Kier molecular flexibility index (Phi) is 9.01. The molecule has 0 amide bonds. The van der Waals surface area contributed by atoms with E-state index in [0.717, 1.165) is 5.57 Å². The highest BCUT2D eigenvalue weighted by Crippen LogP contribution is 2.44. The van der Waals surface area contributed by atoms with E-state index in [2.05, 4.69) is 13.0 Å². The molecule has 4 N–H and O–H groups in total. The highest BCUT2D eigenvalue weighted by molar-refractivity contribution is 5.76. The molecule has 176 valence electrons. The molecule has 0 saturated heterocycles. The summed E-state index contributed by atoms with van der Waals surface area (Å²) >= 11 is 0. The lowest BCUT2D eigenvalue weighted by Gasteiger charge is -2.43. The monoisotopic (exact) mass is 438 g/mol. The Labute approximate surface area is 184 Å². The Balaban J connectivity index is 2.14. The number of rotatable bonds is 10. The highest BCUT2D eigenvalue weighted by Gasteiger charge is 2.43. The average Bonchev–Trinajstić information content (AvgIpc) is 2.72. The van der Waals surface area contributed by atoms with Crippen LogP contribution in [0, 0.1) is 23.2 Å². The minimum absolute atomic E-state index is 0.0778. The first-order chi connectivity index (χ1) is 14.5. The molecule has 0 bridgehead atoms. The van der Waals surface area contributed by atoms with Crippen LogP contribution in [0.25, 0.3) is 0 Å². The molecular weight excluding hydrogens is 400 g/mol. The fourth-order valence-electron chi connectivity index (χ4n) is 4.44. The molecule has 1 unspecified atom stereocenters. The summed E-state index contributed by atoms with van der Waals surface area (Å²) in [5, 5.41) is 39.8. The standard InChI is InChI=1S/C24H38O7/c1-5-24(3,4)23(30)31-21-12-17(27)10-15-7-6-14(2)18(22(15)21)9-8-16(26)11-19(28)20(29)13-25/h6-7,10,13-14,16-22,26-29H,5,8-9,11-12H2,1-4H3/t14-,16+,17-,18-,19+,20?,21-,22-/m0/s1. The lowest BCUT2D eigenvalue weighted by Crippen LogP contribution is -2.44. The van der Waals surface area contributed by atoms with Gasteiger partial charge in [0.05, 0.1) is 23.7 Å². The summed E-state index contributed by atoms with van der Waals surface area (Å²) in [5.41, 5.74) is 0.337. The second kappa shape index (κ2) is 10.9. The number of hydrogen-bond donors (Lipinski definition) is 4. The van der Waals surface area contributed by atoms with Gasteiger partial charge in [-0.1, -0.05) is 32.1 Å². The van der Waals surface area contributed by atoms with Crippen LogP contribution in [0.1, 0.15) is 59.8 Å². The summed E-state index contributed by atoms with van der Waals surface area (Å²) < 4.78 is 5.93. The Bertz CT molecular complexity index is 683. The van der Waals surface area contributed by atoms with Crippen molar-refractivity contribution < 1.29 is 34.8 Å². The van der Waals surface area contributed by atoms with E-state index in [1.54, 1.807) is 0 Å². The maximum absolute atomic E-state index is 12.8. The number of carbonyl (C=O) groups excluding carboxylic acids is 2. The first-order valence-electron chi connectivity index (χ1n) is 11.3. The van der Waals surface area contributed by atoms with Gasteiger partial charge in [-0.25, -0.2) is 0 Å². The smallest absolute Gasteiger partial charge is 0.311 e. The molecule has 0 spiro atoms. The van der Waals surface area contributed by atoms with Crippen LogP contribution in [0.15, 0.2) is 23.8 Å². The topological polar surface area (TPSA) is 124 Å². The van der Waals surface area contributed by atoms with Gasteiger partial charge in [-0.05, 0) is 50.5 Å². The molecule has 2 aliphatic rings. The predicted octanol–water partition coefficient (Wildman–Crippen LogP) is 1.92. The number of esters is 1. The second-order valence-corrected chi connectivity index (χ2v) is 9.72. The molecule has 0 heterocycles. The van der Waals surface area contributed by atoms with E-state index in [4.69, 9.17) is 4.74 Å². The molecular formula is C24H38O7. The molecule has 7 nitrogen and oxygen atoms in total. The molecule has 2 aliphatic carbocycles. The van der Waals surface area contributed by atoms with Gasteiger partial charge in [0.2, 0.25) is 0 Å². The molecule has 0 radical (unpaired) electrons. The molecule has 0 aromatic carbocycles. The van der Waals surface area contributed by atoms with Crippen LogP contribution < -0.4 is 0 Å². The Morgan fingerprint density at radius 1 is 1.32 bits per heavy atom. The summed E-state index contributed by atoms with van der Waals surface area (Å²) in [5.74, 6) is -0.109. The number of ether oxygens (including phenoxy) is 1. The minimum atomic E-state index is -1.51. The lowest BCUT2D eigenvalue weighted by molar-refractivity contribution is -0.165. The minimum Gasteiger partial charge on any atom is -0.461 e. The molecule has 0 saturated carbocycles. The van der Waals surface area contributed by atoms with Crippen molar-refractivity contribution in [2.75, 3.05) is 0 Å². The maximum atomic E-state index is 12.8. The Morgan fingerprint density at radius 3 is 2.61 bits per heavy atom. The van der Waals surface area contributed by atoms with E-state index in [1.165, 1.54) is 0 Å². The molecule has 31 heavy (non-hydrogen) atoms. The SMILES string of the molecule is CCC(C)(C)C(=O)O[C@H]1C[C@@H](O)C=C2C=C[C@H](C)[C@H](CC[C@@H](O)C[C@@H](O)C(O)C=O)[C@H]21. The molecule has 2 rings (SSSR count). The van der Waals surface area contributed by atoms with Crippen molar-refractivity contribution in [3.63, 3.8) is 0 Å². The van der Waals surface area contributed by atoms with Crippen LogP contribution in [-0.4, -0.2) is 63.2 Å². The summed E-state index contributed by atoms with van der Waals surface area (Å²) in [6.07, 6.45) is 3.19. The fourth-order valence-corrected chi connectivity index (χ4v) is 4.44. The highest BCUT2D eigenvalue weighted by atomic mass is 16.5. The number of aliphatic hydroxyl groups excluding tert-OH is 4. The van der Waals surface area contributed by atoms with Gasteiger partial charge in [0.25, 0.3) is 0 Å². The maximum Gasteiger partial charge on any atom is 0.311 e. The van der Waals surface area contributed by atoms with Gasteiger partial charge < -0.3 is 30.0 Å². The van der Waals surface area contributed by atoms with Crippen molar-refractivity contribution in [3.8, 4) is 0 Å². The van der Waals surface area contributed by atoms with Crippen molar-refractivity contribution in [1.82, 2.24) is 0 Å². The van der Waals surface area contributed by atoms with Gasteiger partial charge >= 0.3 is 5.97 Å². The quantitative estimate of drug-likeness (QED) is 0.303. The second-order valence-electron chi connectivity index (χ2n) is 9.72. The molecule has 8 atom stereocenters. The van der Waals surface area contributed by atoms with Crippen LogP contribution in [-0.2, 0) is 14.3 Å². The summed E-state index contributed by atoms with van der Waals surface area (Å²) in [7, 11) is 0. The number of allylic oxidation sites excluding steroid dienone is 2. The van der Waals surface area contributed by atoms with Gasteiger partial charge in [0, 0.05) is 18.8 Å². The molecule has 0 aliphatic heterocycles. The van der Waals surface area contributed by atoms with E-state index >= 15 is 0 Å². The van der Waals surface area contributed by atoms with Gasteiger partial charge in [0.15, 0.2) is 6.29 Å². The van der Waals surface area contributed by atoms with Crippen LogP contribution >= 0.6 is 0 Å². The van der Waals surface area contributed by atoms with E-state index < -0.39 is 35.9 Å². The summed E-state index contributed by atoms with van der Waals surface area (Å²) in [6, 6.07) is 0. The van der Waals surface area contributed by atoms with Crippen molar-refractivity contribution >= 4 is 12.3 Å². The van der Waals surface area contributed by atoms with Gasteiger partial charge in [-0.2, -0.15) is 0 Å². The number of carbonyl (C=O) groups is 2. The average molecular weight is 439 g/mol. The van der Waals surface area contributed by atoms with Crippen LogP contribution in [0.3, 0.4) is 0 Å². The van der Waals surface area contributed by atoms with Gasteiger partial charge in [0.1, 0.15) is 12.2 Å². The Hall–Kier alpha value is -1.54. The molecule has 0 aromatic heterocycles. The van der Waals surface area contributed by atoms with Gasteiger partial charge in [-0.15, -0.1) is 0 Å². The third-order valence-corrected chi connectivity index (χ3v) is 6.95.